The van der Waals surface area contributed by atoms with Crippen LogP contribution < -0.4 is 10.2 Å². The highest BCUT2D eigenvalue weighted by Crippen LogP contribution is 2.35. The molecule has 3 rings (SSSR count). The molecule has 0 bridgehead atoms. The maximum Gasteiger partial charge on any atom is 0.255 e. The second kappa shape index (κ2) is 6.40. The molecule has 1 aliphatic rings. The average molecular weight is 316 g/mol. The van der Waals surface area contributed by atoms with E-state index < -0.39 is 0 Å². The minimum atomic E-state index is -0.364. The van der Waals surface area contributed by atoms with Crippen molar-refractivity contribution in [2.24, 2.45) is 0 Å². The number of hydrogen-bond acceptors (Lipinski definition) is 3. The van der Waals surface area contributed by atoms with E-state index in [4.69, 9.17) is 0 Å². The van der Waals surface area contributed by atoms with Gasteiger partial charge >= 0.3 is 0 Å². The summed E-state index contributed by atoms with van der Waals surface area (Å²) in [4.78, 5) is 15.8. The van der Waals surface area contributed by atoms with Crippen molar-refractivity contribution in [1.82, 2.24) is 0 Å². The number of nitrogens with zero attached hydrogens (tertiary/aromatic N) is 1. The molecule has 22 heavy (non-hydrogen) atoms. The number of carbonyl (C=O) groups excluding carboxylic acids is 1. The van der Waals surface area contributed by atoms with E-state index in [0.717, 1.165) is 24.5 Å². The number of amides is 1. The topological polar surface area (TPSA) is 32.3 Å². The third-order valence-electron chi connectivity index (χ3n) is 3.64. The van der Waals surface area contributed by atoms with Gasteiger partial charge < -0.3 is 10.2 Å². The zero-order valence-electron chi connectivity index (χ0n) is 12.3. The highest BCUT2D eigenvalue weighted by molar-refractivity contribution is 7.99. The van der Waals surface area contributed by atoms with Gasteiger partial charge in [0.15, 0.2) is 0 Å². The normalized spacial score (nSPS) is 13.6. The van der Waals surface area contributed by atoms with E-state index in [2.05, 4.69) is 17.1 Å². The number of benzene rings is 2. The molecule has 0 radical (unpaired) electrons. The number of thioether (sulfide) groups is 1. The number of nitrogens with one attached hydrogen (secondary N) is 1. The van der Waals surface area contributed by atoms with E-state index in [9.17, 15) is 9.18 Å². The van der Waals surface area contributed by atoms with Crippen LogP contribution in [-0.4, -0.2) is 24.7 Å². The molecule has 0 fully saturated rings. The minimum absolute atomic E-state index is 0.222. The van der Waals surface area contributed by atoms with Crippen molar-refractivity contribution in [1.29, 1.82) is 0 Å². The third kappa shape index (κ3) is 3.09. The van der Waals surface area contributed by atoms with E-state index in [1.807, 2.05) is 30.0 Å². The molecule has 0 aromatic heterocycles. The molecule has 5 heteroatoms. The highest BCUT2D eigenvalue weighted by Gasteiger charge is 2.18. The fraction of sp³-hybridized carbons (Fsp3) is 0.235. The standard InChI is InChI=1S/C17H17FN2OS/c1-2-20-8-9-22-16-7-6-12(10-15(16)20)17(21)19-14-5-3-4-13(18)11-14/h3-7,10-11H,2,8-9H2,1H3,(H,19,21). The fourth-order valence-corrected chi connectivity index (χ4v) is 3.54. The Morgan fingerprint density at radius 2 is 2.18 bits per heavy atom. The molecule has 114 valence electrons. The van der Waals surface area contributed by atoms with Gasteiger partial charge in [0.05, 0.1) is 5.69 Å². The second-order valence-corrected chi connectivity index (χ2v) is 6.21. The molecule has 1 aliphatic heterocycles. The third-order valence-corrected chi connectivity index (χ3v) is 4.69. The number of hydrogen-bond donors (Lipinski definition) is 1. The van der Waals surface area contributed by atoms with Crippen LogP contribution >= 0.6 is 11.8 Å². The van der Waals surface area contributed by atoms with Gasteiger partial charge in [-0.1, -0.05) is 6.07 Å². The van der Waals surface area contributed by atoms with E-state index in [1.165, 1.54) is 17.0 Å². The predicted octanol–water partition coefficient (Wildman–Crippen LogP) is 4.01. The molecule has 1 heterocycles. The lowest BCUT2D eigenvalue weighted by Gasteiger charge is -2.30. The van der Waals surface area contributed by atoms with E-state index in [-0.39, 0.29) is 11.7 Å². The Labute approximate surface area is 133 Å². The first-order chi connectivity index (χ1) is 10.7. The lowest BCUT2D eigenvalue weighted by atomic mass is 10.1. The molecule has 1 amide bonds. The molecule has 2 aromatic rings. The van der Waals surface area contributed by atoms with Gasteiger partial charge in [0.2, 0.25) is 0 Å². The highest BCUT2D eigenvalue weighted by atomic mass is 32.2. The predicted molar refractivity (Wildman–Crippen MR) is 89.4 cm³/mol. The summed E-state index contributed by atoms with van der Waals surface area (Å²) in [6, 6.07) is 11.6. The Bertz CT molecular complexity index is 705. The van der Waals surface area contributed by atoms with Crippen molar-refractivity contribution in [3.8, 4) is 0 Å². The molecule has 1 N–H and O–H groups in total. The molecule has 2 aromatic carbocycles. The zero-order chi connectivity index (χ0) is 15.5. The summed E-state index contributed by atoms with van der Waals surface area (Å²) >= 11 is 1.81. The van der Waals surface area contributed by atoms with Gasteiger partial charge in [0.1, 0.15) is 5.82 Å². The smallest absolute Gasteiger partial charge is 0.255 e. The fourth-order valence-electron chi connectivity index (χ4n) is 2.51. The largest absolute Gasteiger partial charge is 0.370 e. The van der Waals surface area contributed by atoms with Crippen molar-refractivity contribution in [2.45, 2.75) is 11.8 Å². The Morgan fingerprint density at radius 3 is 2.95 bits per heavy atom. The molecular weight excluding hydrogens is 299 g/mol. The minimum Gasteiger partial charge on any atom is -0.370 e. The van der Waals surface area contributed by atoms with Gasteiger partial charge in [-0.2, -0.15) is 0 Å². The Morgan fingerprint density at radius 1 is 1.32 bits per heavy atom. The van der Waals surface area contributed by atoms with Crippen LogP contribution in [0.25, 0.3) is 0 Å². The number of anilines is 2. The lowest BCUT2D eigenvalue weighted by molar-refractivity contribution is 0.102. The second-order valence-electron chi connectivity index (χ2n) is 5.08. The van der Waals surface area contributed by atoms with Gasteiger partial charge in [-0.3, -0.25) is 4.79 Å². The molecule has 0 atom stereocenters. The zero-order valence-corrected chi connectivity index (χ0v) is 13.1. The van der Waals surface area contributed by atoms with Crippen LogP contribution in [0.5, 0.6) is 0 Å². The van der Waals surface area contributed by atoms with Crippen LogP contribution in [-0.2, 0) is 0 Å². The molecule has 0 saturated carbocycles. The maximum atomic E-state index is 13.2. The van der Waals surface area contributed by atoms with Gasteiger partial charge in [0.25, 0.3) is 5.91 Å². The summed E-state index contributed by atoms with van der Waals surface area (Å²) in [5.74, 6) is 0.479. The number of halogens is 1. The van der Waals surface area contributed by atoms with E-state index >= 15 is 0 Å². The van der Waals surface area contributed by atoms with Gasteiger partial charge in [-0.15, -0.1) is 11.8 Å². The van der Waals surface area contributed by atoms with Crippen LogP contribution in [0.1, 0.15) is 17.3 Å². The Kier molecular flexibility index (Phi) is 4.34. The lowest BCUT2D eigenvalue weighted by Crippen LogP contribution is -2.29. The first-order valence-corrected chi connectivity index (χ1v) is 8.24. The molecule has 0 spiro atoms. The van der Waals surface area contributed by atoms with Crippen molar-refractivity contribution in [2.75, 3.05) is 29.1 Å². The first-order valence-electron chi connectivity index (χ1n) is 7.26. The molecular formula is C17H17FN2OS. The first kappa shape index (κ1) is 14.9. The van der Waals surface area contributed by atoms with Gasteiger partial charge in [0, 0.05) is 35.0 Å². The van der Waals surface area contributed by atoms with Crippen LogP contribution in [0.15, 0.2) is 47.4 Å². The monoisotopic (exact) mass is 316 g/mol. The summed E-state index contributed by atoms with van der Waals surface area (Å²) in [7, 11) is 0. The summed E-state index contributed by atoms with van der Waals surface area (Å²) in [6.45, 7) is 4.02. The molecule has 0 saturated heterocycles. The summed E-state index contributed by atoms with van der Waals surface area (Å²) in [5, 5.41) is 2.73. The quantitative estimate of drug-likeness (QED) is 0.928. The van der Waals surface area contributed by atoms with E-state index in [1.54, 1.807) is 12.1 Å². The van der Waals surface area contributed by atoms with Gasteiger partial charge in [-0.05, 0) is 43.3 Å². The van der Waals surface area contributed by atoms with E-state index in [0.29, 0.717) is 11.3 Å². The van der Waals surface area contributed by atoms with Crippen LogP contribution in [0, 0.1) is 5.82 Å². The van der Waals surface area contributed by atoms with Crippen LogP contribution in [0.2, 0.25) is 0 Å². The number of fused-ring (bicyclic) bond motifs is 1. The van der Waals surface area contributed by atoms with Crippen LogP contribution in [0.3, 0.4) is 0 Å². The maximum absolute atomic E-state index is 13.2. The molecule has 0 unspecified atom stereocenters. The Balaban J connectivity index is 1.84. The number of rotatable bonds is 3. The van der Waals surface area contributed by atoms with Crippen LogP contribution in [0.4, 0.5) is 15.8 Å². The number of carbonyl (C=O) groups is 1. The van der Waals surface area contributed by atoms with Crippen molar-refractivity contribution in [3.05, 3.63) is 53.8 Å². The summed E-state index contributed by atoms with van der Waals surface area (Å²) in [6.07, 6.45) is 0. The molecule has 0 aliphatic carbocycles. The molecule has 3 nitrogen and oxygen atoms in total. The van der Waals surface area contributed by atoms with Gasteiger partial charge in [-0.25, -0.2) is 4.39 Å². The SMILES string of the molecule is CCN1CCSc2ccc(C(=O)Nc3cccc(F)c3)cc21. The Hall–Kier alpha value is -2.01. The van der Waals surface area contributed by atoms with Crippen molar-refractivity contribution < 1.29 is 9.18 Å². The average Bonchev–Trinajstić information content (AvgIpc) is 2.53. The summed E-state index contributed by atoms with van der Waals surface area (Å²) < 4.78 is 13.2. The van der Waals surface area contributed by atoms with Crippen molar-refractivity contribution >= 4 is 29.0 Å². The van der Waals surface area contributed by atoms with Crippen molar-refractivity contribution in [3.63, 3.8) is 0 Å². The summed E-state index contributed by atoms with van der Waals surface area (Å²) in [5.41, 5.74) is 2.15.